The minimum atomic E-state index is -0.365. The Morgan fingerprint density at radius 1 is 1.54 bits per heavy atom. The zero-order valence-corrected chi connectivity index (χ0v) is 8.68. The summed E-state index contributed by atoms with van der Waals surface area (Å²) in [5, 5.41) is 12.4. The second kappa shape index (κ2) is 3.65. The predicted molar refractivity (Wildman–Crippen MR) is 51.3 cm³/mol. The molecule has 0 amide bonds. The molecular formula is C10H18N2O. The average molecular weight is 182 g/mol. The van der Waals surface area contributed by atoms with Gasteiger partial charge >= 0.3 is 0 Å². The molecule has 0 spiro atoms. The van der Waals surface area contributed by atoms with E-state index >= 15 is 0 Å². The lowest BCUT2D eigenvalue weighted by Crippen LogP contribution is -2.53. The first kappa shape index (κ1) is 10.5. The fourth-order valence-electron chi connectivity index (χ4n) is 1.99. The standard InChI is InChI=1S/C10H18N2O/c1-4-12-10(8-11)5-6-13-9(2,3)7-10/h12H,4-7H2,1-3H3. The maximum Gasteiger partial charge on any atom is 0.111 e. The van der Waals surface area contributed by atoms with E-state index in [9.17, 15) is 0 Å². The first-order valence-corrected chi connectivity index (χ1v) is 4.84. The number of rotatable bonds is 2. The third-order valence-electron chi connectivity index (χ3n) is 2.48. The molecule has 1 N–H and O–H groups in total. The van der Waals surface area contributed by atoms with E-state index in [2.05, 4.69) is 11.4 Å². The third-order valence-corrected chi connectivity index (χ3v) is 2.48. The van der Waals surface area contributed by atoms with Crippen LogP contribution in [0.1, 0.15) is 33.6 Å². The molecule has 1 unspecified atom stereocenters. The van der Waals surface area contributed by atoms with Gasteiger partial charge in [0.2, 0.25) is 0 Å². The van der Waals surface area contributed by atoms with Crippen LogP contribution in [0.4, 0.5) is 0 Å². The van der Waals surface area contributed by atoms with E-state index in [1.807, 2.05) is 20.8 Å². The highest BCUT2D eigenvalue weighted by Crippen LogP contribution is 2.31. The predicted octanol–water partition coefficient (Wildman–Crippen LogP) is 1.45. The van der Waals surface area contributed by atoms with Crippen molar-refractivity contribution in [3.05, 3.63) is 0 Å². The maximum absolute atomic E-state index is 9.14. The Kier molecular flexibility index (Phi) is 2.94. The van der Waals surface area contributed by atoms with Crippen LogP contribution < -0.4 is 5.32 Å². The molecule has 0 radical (unpaired) electrons. The van der Waals surface area contributed by atoms with Crippen LogP contribution in [-0.2, 0) is 4.74 Å². The smallest absolute Gasteiger partial charge is 0.111 e. The van der Waals surface area contributed by atoms with Crippen LogP contribution in [0.3, 0.4) is 0 Å². The van der Waals surface area contributed by atoms with Crippen LogP contribution >= 0.6 is 0 Å². The summed E-state index contributed by atoms with van der Waals surface area (Å²) in [5.41, 5.74) is -0.535. The summed E-state index contributed by atoms with van der Waals surface area (Å²) >= 11 is 0. The topological polar surface area (TPSA) is 45.0 Å². The van der Waals surface area contributed by atoms with Crippen molar-refractivity contribution in [3.8, 4) is 6.07 Å². The van der Waals surface area contributed by atoms with Crippen molar-refractivity contribution < 1.29 is 4.74 Å². The normalized spacial score (nSPS) is 32.5. The molecule has 0 aromatic heterocycles. The summed E-state index contributed by atoms with van der Waals surface area (Å²) < 4.78 is 5.58. The van der Waals surface area contributed by atoms with E-state index in [0.29, 0.717) is 6.61 Å². The average Bonchev–Trinajstić information content (AvgIpc) is 2.03. The zero-order valence-electron chi connectivity index (χ0n) is 8.68. The van der Waals surface area contributed by atoms with Gasteiger partial charge in [0.1, 0.15) is 5.54 Å². The molecule has 0 aliphatic carbocycles. The Bertz CT molecular complexity index is 215. The van der Waals surface area contributed by atoms with Gasteiger partial charge in [-0.05, 0) is 20.4 Å². The minimum absolute atomic E-state index is 0.170. The van der Waals surface area contributed by atoms with Gasteiger partial charge in [-0.2, -0.15) is 5.26 Å². The number of ether oxygens (including phenoxy) is 1. The maximum atomic E-state index is 9.14. The summed E-state index contributed by atoms with van der Waals surface area (Å²) in [6, 6.07) is 2.38. The van der Waals surface area contributed by atoms with Crippen LogP contribution in [0.5, 0.6) is 0 Å². The monoisotopic (exact) mass is 182 g/mol. The van der Waals surface area contributed by atoms with Crippen molar-refractivity contribution in [1.29, 1.82) is 5.26 Å². The molecule has 0 saturated carbocycles. The lowest BCUT2D eigenvalue weighted by molar-refractivity contribution is -0.0757. The van der Waals surface area contributed by atoms with Crippen LogP contribution in [0.15, 0.2) is 0 Å². The quantitative estimate of drug-likeness (QED) is 0.703. The van der Waals surface area contributed by atoms with E-state index in [-0.39, 0.29) is 11.1 Å². The SMILES string of the molecule is CCNC1(C#N)CCOC(C)(C)C1. The highest BCUT2D eigenvalue weighted by atomic mass is 16.5. The molecule has 1 aliphatic heterocycles. The van der Waals surface area contributed by atoms with Crippen LogP contribution in [0.25, 0.3) is 0 Å². The van der Waals surface area contributed by atoms with Gasteiger partial charge < -0.3 is 4.74 Å². The summed E-state index contributed by atoms with van der Waals surface area (Å²) in [6.45, 7) is 7.62. The fraction of sp³-hybridized carbons (Fsp3) is 0.900. The number of nitrogens with one attached hydrogen (secondary N) is 1. The van der Waals surface area contributed by atoms with Crippen molar-refractivity contribution in [2.24, 2.45) is 0 Å². The molecule has 1 rings (SSSR count). The highest BCUT2D eigenvalue weighted by Gasteiger charge is 2.40. The van der Waals surface area contributed by atoms with Gasteiger partial charge in [-0.3, -0.25) is 5.32 Å². The van der Waals surface area contributed by atoms with Gasteiger partial charge in [-0.15, -0.1) is 0 Å². The van der Waals surface area contributed by atoms with E-state index in [0.717, 1.165) is 19.4 Å². The largest absolute Gasteiger partial charge is 0.375 e. The van der Waals surface area contributed by atoms with Crippen LogP contribution in [0, 0.1) is 11.3 Å². The van der Waals surface area contributed by atoms with E-state index < -0.39 is 0 Å². The zero-order chi connectivity index (χ0) is 9.95. The van der Waals surface area contributed by atoms with Gasteiger partial charge in [-0.25, -0.2) is 0 Å². The Morgan fingerprint density at radius 2 is 2.23 bits per heavy atom. The Morgan fingerprint density at radius 3 is 2.69 bits per heavy atom. The fourth-order valence-corrected chi connectivity index (χ4v) is 1.99. The van der Waals surface area contributed by atoms with Gasteiger partial charge in [0.15, 0.2) is 0 Å². The Hall–Kier alpha value is -0.590. The third kappa shape index (κ3) is 2.43. The molecule has 1 atom stereocenters. The summed E-state index contributed by atoms with van der Waals surface area (Å²) in [5.74, 6) is 0. The van der Waals surface area contributed by atoms with Crippen molar-refractivity contribution in [2.75, 3.05) is 13.2 Å². The molecule has 13 heavy (non-hydrogen) atoms. The van der Waals surface area contributed by atoms with Crippen molar-refractivity contribution in [3.63, 3.8) is 0 Å². The lowest BCUT2D eigenvalue weighted by atomic mass is 9.82. The highest BCUT2D eigenvalue weighted by molar-refractivity contribution is 5.11. The van der Waals surface area contributed by atoms with Crippen molar-refractivity contribution >= 4 is 0 Å². The lowest BCUT2D eigenvalue weighted by Gasteiger charge is -2.41. The van der Waals surface area contributed by atoms with Crippen molar-refractivity contribution in [2.45, 2.75) is 44.8 Å². The molecule has 1 fully saturated rings. The summed E-state index contributed by atoms with van der Waals surface area (Å²) in [6.07, 6.45) is 1.56. The molecule has 0 aromatic carbocycles. The van der Waals surface area contributed by atoms with E-state index in [4.69, 9.17) is 10.00 Å². The second-order valence-corrected chi connectivity index (χ2v) is 4.26. The van der Waals surface area contributed by atoms with Gasteiger partial charge in [0, 0.05) is 12.8 Å². The number of nitrogens with zero attached hydrogens (tertiary/aromatic N) is 1. The second-order valence-electron chi connectivity index (χ2n) is 4.26. The molecule has 0 bridgehead atoms. The molecule has 1 saturated heterocycles. The molecule has 3 heteroatoms. The van der Waals surface area contributed by atoms with E-state index in [1.165, 1.54) is 0 Å². The Labute approximate surface area is 80.1 Å². The molecule has 0 aromatic rings. The van der Waals surface area contributed by atoms with Crippen molar-refractivity contribution in [1.82, 2.24) is 5.32 Å². The van der Waals surface area contributed by atoms with Gasteiger partial charge in [0.05, 0.1) is 18.3 Å². The Balaban J connectivity index is 2.71. The molecule has 1 heterocycles. The number of hydrogen-bond donors (Lipinski definition) is 1. The summed E-state index contributed by atoms with van der Waals surface area (Å²) in [4.78, 5) is 0. The van der Waals surface area contributed by atoms with Crippen LogP contribution in [-0.4, -0.2) is 24.3 Å². The first-order chi connectivity index (χ1) is 6.04. The summed E-state index contributed by atoms with van der Waals surface area (Å²) in [7, 11) is 0. The van der Waals surface area contributed by atoms with Gasteiger partial charge in [0.25, 0.3) is 0 Å². The number of hydrogen-bond acceptors (Lipinski definition) is 3. The first-order valence-electron chi connectivity index (χ1n) is 4.84. The molecule has 74 valence electrons. The number of nitriles is 1. The van der Waals surface area contributed by atoms with Crippen LogP contribution in [0.2, 0.25) is 0 Å². The molecule has 1 aliphatic rings. The van der Waals surface area contributed by atoms with E-state index in [1.54, 1.807) is 0 Å². The minimum Gasteiger partial charge on any atom is -0.375 e. The molecule has 3 nitrogen and oxygen atoms in total. The molecular weight excluding hydrogens is 164 g/mol. The van der Waals surface area contributed by atoms with Gasteiger partial charge in [-0.1, -0.05) is 6.92 Å².